The molecule has 3 heterocycles. The molecule has 0 spiro atoms. The molecule has 0 saturated carbocycles. The molecule has 0 unspecified atom stereocenters. The van der Waals surface area contributed by atoms with Crippen LogP contribution in [-0.2, 0) is 11.4 Å². The van der Waals surface area contributed by atoms with Gasteiger partial charge in [-0.2, -0.15) is 0 Å². The minimum atomic E-state index is -0.309. The van der Waals surface area contributed by atoms with E-state index in [0.717, 1.165) is 32.8 Å². The lowest BCUT2D eigenvalue weighted by molar-refractivity contribution is -0.121. The largest absolute Gasteiger partial charge is 0.487 e. The van der Waals surface area contributed by atoms with Crippen molar-refractivity contribution >= 4 is 50.6 Å². The van der Waals surface area contributed by atoms with Crippen molar-refractivity contribution in [2.45, 2.75) is 38.5 Å². The molecule has 4 aromatic rings. The van der Waals surface area contributed by atoms with Crippen molar-refractivity contribution in [2.24, 2.45) is 0 Å². The number of aromatic nitrogens is 2. The van der Waals surface area contributed by atoms with E-state index >= 15 is 0 Å². The van der Waals surface area contributed by atoms with Crippen LogP contribution < -0.4 is 20.7 Å². The third kappa shape index (κ3) is 6.40. The Bertz CT molecular complexity index is 1530. The molecule has 0 bridgehead atoms. The molecule has 1 amide bonds. The van der Waals surface area contributed by atoms with Gasteiger partial charge in [0, 0.05) is 24.7 Å². The molecule has 194 valence electrons. The number of hydrogen-bond acceptors (Lipinski definition) is 7. The van der Waals surface area contributed by atoms with Crippen LogP contribution in [0.2, 0.25) is 5.02 Å². The van der Waals surface area contributed by atoms with E-state index in [4.69, 9.17) is 16.3 Å². The molecule has 1 aliphatic heterocycles. The van der Waals surface area contributed by atoms with E-state index in [9.17, 15) is 9.18 Å². The average Bonchev–Trinajstić information content (AvgIpc) is 3.54. The predicted octanol–water partition coefficient (Wildman–Crippen LogP) is 5.41. The van der Waals surface area contributed by atoms with Crippen molar-refractivity contribution in [3.63, 3.8) is 0 Å². The van der Waals surface area contributed by atoms with Crippen LogP contribution in [0.4, 0.5) is 15.9 Å². The number of nitrogens with one attached hydrogen (secondary N) is 3. The number of rotatable bonds is 7. The minimum absolute atomic E-state index is 0.0230. The Kier molecular flexibility index (Phi) is 8.03. The highest BCUT2D eigenvalue weighted by atomic mass is 35.5. The summed E-state index contributed by atoms with van der Waals surface area (Å²) in [7, 11) is 0. The summed E-state index contributed by atoms with van der Waals surface area (Å²) in [4.78, 5) is 22.1. The highest BCUT2D eigenvalue weighted by molar-refractivity contribution is 7.19. The van der Waals surface area contributed by atoms with E-state index in [2.05, 4.69) is 37.8 Å². The van der Waals surface area contributed by atoms with Crippen LogP contribution in [0.5, 0.6) is 5.75 Å². The standard InChI is InChI=1S/C28H25ClFN5O2S/c1-2-26(36)34-21-11-19(31-14-21)6-8-22-13-23-27(32-16-33-28(23)38-22)35-20-7-9-25(24(29)12-20)37-15-17-4-3-5-18(30)10-17/h3-5,7,9-10,12-13,16,19,21,31H,2,11,14-15H2,1H3,(H,34,36)(H,32,33,35)/t19-,21-/m1/s1. The Morgan fingerprint density at radius 1 is 1.26 bits per heavy atom. The summed E-state index contributed by atoms with van der Waals surface area (Å²) in [6.07, 6.45) is 2.77. The molecule has 2 aromatic carbocycles. The SMILES string of the molecule is CCC(=O)N[C@H]1CN[C@H](C#Cc2cc3c(Nc4ccc(OCc5cccc(F)c5)c(Cl)c4)ncnc3s2)C1. The Morgan fingerprint density at radius 3 is 2.97 bits per heavy atom. The van der Waals surface area contributed by atoms with Crippen molar-refractivity contribution < 1.29 is 13.9 Å². The first-order valence-corrected chi connectivity index (χ1v) is 13.4. The number of anilines is 2. The first-order chi connectivity index (χ1) is 18.5. The van der Waals surface area contributed by atoms with Crippen LogP contribution in [0.1, 0.15) is 30.2 Å². The molecule has 38 heavy (non-hydrogen) atoms. The molecule has 10 heteroatoms. The summed E-state index contributed by atoms with van der Waals surface area (Å²) in [6, 6.07) is 13.7. The highest BCUT2D eigenvalue weighted by Gasteiger charge is 2.23. The van der Waals surface area contributed by atoms with Gasteiger partial charge < -0.3 is 20.7 Å². The lowest BCUT2D eigenvalue weighted by atomic mass is 10.1. The summed E-state index contributed by atoms with van der Waals surface area (Å²) in [5, 5.41) is 10.9. The Labute approximate surface area is 228 Å². The normalized spacial score (nSPS) is 16.6. The summed E-state index contributed by atoms with van der Waals surface area (Å²) in [5.41, 5.74) is 1.46. The summed E-state index contributed by atoms with van der Waals surface area (Å²) in [5.74, 6) is 7.40. The molecule has 1 aliphatic rings. The van der Waals surface area contributed by atoms with Crippen LogP contribution >= 0.6 is 22.9 Å². The molecular weight excluding hydrogens is 525 g/mol. The number of ether oxygens (including phenoxy) is 1. The van der Waals surface area contributed by atoms with Gasteiger partial charge >= 0.3 is 0 Å². The van der Waals surface area contributed by atoms with E-state index in [-0.39, 0.29) is 30.4 Å². The van der Waals surface area contributed by atoms with Gasteiger partial charge in [-0.3, -0.25) is 4.79 Å². The van der Waals surface area contributed by atoms with Crippen LogP contribution in [0.25, 0.3) is 10.2 Å². The quantitative estimate of drug-likeness (QED) is 0.267. The Balaban J connectivity index is 1.25. The summed E-state index contributed by atoms with van der Waals surface area (Å²) in [6.45, 7) is 2.77. The predicted molar refractivity (Wildman–Crippen MR) is 148 cm³/mol. The van der Waals surface area contributed by atoms with Crippen LogP contribution in [0.3, 0.4) is 0 Å². The van der Waals surface area contributed by atoms with E-state index in [1.54, 1.807) is 24.3 Å². The maximum atomic E-state index is 13.4. The molecule has 2 aromatic heterocycles. The minimum Gasteiger partial charge on any atom is -0.487 e. The van der Waals surface area contributed by atoms with Crippen molar-refractivity contribution in [3.8, 4) is 17.6 Å². The molecule has 7 nitrogen and oxygen atoms in total. The van der Waals surface area contributed by atoms with Gasteiger partial charge in [0.15, 0.2) is 0 Å². The number of halogens is 2. The van der Waals surface area contributed by atoms with E-state index in [1.807, 2.05) is 19.1 Å². The highest BCUT2D eigenvalue weighted by Crippen LogP contribution is 2.33. The van der Waals surface area contributed by atoms with Crippen LogP contribution in [0, 0.1) is 17.7 Å². The van der Waals surface area contributed by atoms with Crippen molar-refractivity contribution in [2.75, 3.05) is 11.9 Å². The molecule has 1 fully saturated rings. The zero-order chi connectivity index (χ0) is 26.5. The fourth-order valence-electron chi connectivity index (χ4n) is 4.08. The molecule has 5 rings (SSSR count). The lowest BCUT2D eigenvalue weighted by Crippen LogP contribution is -2.35. The fraction of sp³-hybridized carbons (Fsp3) is 0.250. The maximum absolute atomic E-state index is 13.4. The van der Waals surface area contributed by atoms with Crippen molar-refractivity contribution in [1.29, 1.82) is 0 Å². The number of fused-ring (bicyclic) bond motifs is 1. The van der Waals surface area contributed by atoms with Gasteiger partial charge in [0.2, 0.25) is 5.91 Å². The molecular formula is C28H25ClFN5O2S. The fourth-order valence-corrected chi connectivity index (χ4v) is 5.18. The number of hydrogen-bond donors (Lipinski definition) is 3. The first kappa shape index (κ1) is 25.9. The first-order valence-electron chi connectivity index (χ1n) is 12.2. The van der Waals surface area contributed by atoms with Crippen molar-refractivity contribution in [3.05, 3.63) is 76.1 Å². The number of carbonyl (C=O) groups is 1. The van der Waals surface area contributed by atoms with E-state index in [1.165, 1.54) is 29.8 Å². The van der Waals surface area contributed by atoms with Gasteiger partial charge in [-0.25, -0.2) is 14.4 Å². The topological polar surface area (TPSA) is 88.2 Å². The van der Waals surface area contributed by atoms with Gasteiger partial charge in [0.25, 0.3) is 0 Å². The zero-order valence-electron chi connectivity index (χ0n) is 20.6. The maximum Gasteiger partial charge on any atom is 0.219 e. The molecule has 3 N–H and O–H groups in total. The number of benzene rings is 2. The van der Waals surface area contributed by atoms with E-state index in [0.29, 0.717) is 29.6 Å². The Morgan fingerprint density at radius 2 is 2.16 bits per heavy atom. The summed E-state index contributed by atoms with van der Waals surface area (Å²) >= 11 is 7.94. The van der Waals surface area contributed by atoms with Crippen LogP contribution in [0.15, 0.2) is 54.9 Å². The van der Waals surface area contributed by atoms with Gasteiger partial charge in [-0.15, -0.1) is 11.3 Å². The number of amides is 1. The second-order valence-electron chi connectivity index (χ2n) is 8.82. The van der Waals surface area contributed by atoms with Gasteiger partial charge in [-0.1, -0.05) is 42.5 Å². The Hall–Kier alpha value is -3.71. The molecule has 0 radical (unpaired) electrons. The third-order valence-corrected chi connectivity index (χ3v) is 7.25. The zero-order valence-corrected chi connectivity index (χ0v) is 22.1. The number of thiophene rings is 1. The molecule has 0 aliphatic carbocycles. The third-order valence-electron chi connectivity index (χ3n) is 5.99. The second kappa shape index (κ2) is 11.8. The average molecular weight is 550 g/mol. The monoisotopic (exact) mass is 549 g/mol. The lowest BCUT2D eigenvalue weighted by Gasteiger charge is -2.11. The summed E-state index contributed by atoms with van der Waals surface area (Å²) < 4.78 is 19.2. The molecule has 1 saturated heterocycles. The van der Waals surface area contributed by atoms with Crippen molar-refractivity contribution in [1.82, 2.24) is 20.6 Å². The number of nitrogens with zero attached hydrogens (tertiary/aromatic N) is 2. The van der Waals surface area contributed by atoms with Gasteiger partial charge in [-0.05, 0) is 48.4 Å². The molecule has 2 atom stereocenters. The number of carbonyl (C=O) groups excluding carboxylic acids is 1. The van der Waals surface area contributed by atoms with Gasteiger partial charge in [0.05, 0.1) is 21.3 Å². The van der Waals surface area contributed by atoms with E-state index < -0.39 is 0 Å². The van der Waals surface area contributed by atoms with Crippen LogP contribution in [-0.4, -0.2) is 34.5 Å². The van der Waals surface area contributed by atoms with Gasteiger partial charge in [0.1, 0.15) is 35.1 Å². The smallest absolute Gasteiger partial charge is 0.219 e. The second-order valence-corrected chi connectivity index (χ2v) is 10.3.